The molecule has 0 unspecified atom stereocenters. The number of carbonyl (C=O) groups excluding carboxylic acids is 1. The summed E-state index contributed by atoms with van der Waals surface area (Å²) in [5.74, 6) is 0. The van der Waals surface area contributed by atoms with Gasteiger partial charge in [0.15, 0.2) is 0 Å². The lowest BCUT2D eigenvalue weighted by atomic mass is 10.1. The van der Waals surface area contributed by atoms with Crippen molar-refractivity contribution in [2.45, 2.75) is 20.0 Å². The van der Waals surface area contributed by atoms with Crippen molar-refractivity contribution < 1.29 is 18.0 Å². The molecule has 100 valence electrons. The topological polar surface area (TPSA) is 32.3 Å². The molecule has 0 heterocycles. The number of hydrogen-bond donors (Lipinski definition) is 1. The highest BCUT2D eigenvalue weighted by Gasteiger charge is 2.33. The fourth-order valence-electron chi connectivity index (χ4n) is 1.54. The Morgan fingerprint density at radius 2 is 1.78 bits per heavy atom. The van der Waals surface area contributed by atoms with Crippen molar-refractivity contribution in [2.24, 2.45) is 0 Å². The molecule has 0 saturated heterocycles. The summed E-state index contributed by atoms with van der Waals surface area (Å²) in [7, 11) is 0. The number of anilines is 1. The van der Waals surface area contributed by atoms with Crippen molar-refractivity contribution in [3.05, 3.63) is 29.8 Å². The van der Waals surface area contributed by atoms with Gasteiger partial charge in [0.25, 0.3) is 0 Å². The van der Waals surface area contributed by atoms with Gasteiger partial charge in [-0.15, -0.1) is 0 Å². The van der Waals surface area contributed by atoms with Crippen LogP contribution in [0, 0.1) is 0 Å². The molecule has 0 aliphatic rings. The van der Waals surface area contributed by atoms with E-state index in [9.17, 15) is 18.0 Å². The van der Waals surface area contributed by atoms with Crippen LogP contribution in [0.3, 0.4) is 0 Å². The average molecular weight is 260 g/mol. The van der Waals surface area contributed by atoms with Gasteiger partial charge >= 0.3 is 12.2 Å². The standard InChI is InChI=1S/C12H15F3N2O/c1-3-17(4-2)11(18)16-10-8-6-5-7-9(10)12(13,14)15/h5-8H,3-4H2,1-2H3,(H,16,18). The van der Waals surface area contributed by atoms with Crippen molar-refractivity contribution in [1.29, 1.82) is 0 Å². The van der Waals surface area contributed by atoms with E-state index in [1.165, 1.54) is 23.1 Å². The predicted molar refractivity (Wildman–Crippen MR) is 63.4 cm³/mol. The lowest BCUT2D eigenvalue weighted by Gasteiger charge is -2.21. The Labute approximate surface area is 104 Å². The van der Waals surface area contributed by atoms with Crippen molar-refractivity contribution in [3.63, 3.8) is 0 Å². The Morgan fingerprint density at radius 1 is 1.22 bits per heavy atom. The van der Waals surface area contributed by atoms with Crippen LogP contribution >= 0.6 is 0 Å². The lowest BCUT2D eigenvalue weighted by Crippen LogP contribution is -2.35. The van der Waals surface area contributed by atoms with Crippen LogP contribution in [0.5, 0.6) is 0 Å². The van der Waals surface area contributed by atoms with E-state index < -0.39 is 17.8 Å². The van der Waals surface area contributed by atoms with E-state index in [-0.39, 0.29) is 5.69 Å². The minimum Gasteiger partial charge on any atom is -0.325 e. The van der Waals surface area contributed by atoms with Crippen LogP contribution < -0.4 is 5.32 Å². The van der Waals surface area contributed by atoms with Gasteiger partial charge in [-0.25, -0.2) is 4.79 Å². The van der Waals surface area contributed by atoms with Crippen LogP contribution in [0.2, 0.25) is 0 Å². The van der Waals surface area contributed by atoms with Crippen molar-refractivity contribution in [2.75, 3.05) is 18.4 Å². The van der Waals surface area contributed by atoms with Gasteiger partial charge in [0.2, 0.25) is 0 Å². The van der Waals surface area contributed by atoms with Gasteiger partial charge in [0.1, 0.15) is 0 Å². The number of urea groups is 1. The molecule has 0 bridgehead atoms. The monoisotopic (exact) mass is 260 g/mol. The molecule has 3 nitrogen and oxygen atoms in total. The highest BCUT2D eigenvalue weighted by molar-refractivity contribution is 5.90. The van der Waals surface area contributed by atoms with E-state index in [4.69, 9.17) is 0 Å². The summed E-state index contributed by atoms with van der Waals surface area (Å²) in [6.45, 7) is 4.41. The zero-order valence-electron chi connectivity index (χ0n) is 10.2. The number of alkyl halides is 3. The molecule has 2 amide bonds. The molecule has 0 aromatic heterocycles. The zero-order chi connectivity index (χ0) is 13.8. The number of hydrogen-bond acceptors (Lipinski definition) is 1. The largest absolute Gasteiger partial charge is 0.418 e. The average Bonchev–Trinajstić information content (AvgIpc) is 2.30. The van der Waals surface area contributed by atoms with Crippen molar-refractivity contribution in [1.82, 2.24) is 4.90 Å². The summed E-state index contributed by atoms with van der Waals surface area (Å²) in [5, 5.41) is 2.29. The summed E-state index contributed by atoms with van der Waals surface area (Å²) in [6.07, 6.45) is -4.48. The molecule has 0 saturated carbocycles. The number of amides is 2. The van der Waals surface area contributed by atoms with E-state index in [0.717, 1.165) is 6.07 Å². The van der Waals surface area contributed by atoms with Crippen LogP contribution in [-0.2, 0) is 6.18 Å². The predicted octanol–water partition coefficient (Wildman–Crippen LogP) is 3.58. The Bertz CT molecular complexity index is 414. The minimum absolute atomic E-state index is 0.220. The number of halogens is 3. The molecule has 0 aliphatic carbocycles. The van der Waals surface area contributed by atoms with Crippen LogP contribution in [-0.4, -0.2) is 24.0 Å². The first-order valence-electron chi connectivity index (χ1n) is 5.62. The second-order valence-corrected chi connectivity index (χ2v) is 3.65. The number of carbonyl (C=O) groups is 1. The molecule has 1 aromatic carbocycles. The molecule has 0 atom stereocenters. The highest BCUT2D eigenvalue weighted by atomic mass is 19.4. The van der Waals surface area contributed by atoms with Gasteiger partial charge in [0, 0.05) is 13.1 Å². The number of nitrogens with zero attached hydrogens (tertiary/aromatic N) is 1. The Balaban J connectivity index is 2.95. The second kappa shape index (κ2) is 5.75. The first-order valence-corrected chi connectivity index (χ1v) is 5.62. The molecular formula is C12H15F3N2O. The van der Waals surface area contributed by atoms with Gasteiger partial charge < -0.3 is 10.2 Å². The number of benzene rings is 1. The second-order valence-electron chi connectivity index (χ2n) is 3.65. The Hall–Kier alpha value is -1.72. The van der Waals surface area contributed by atoms with E-state index >= 15 is 0 Å². The maximum absolute atomic E-state index is 12.7. The third kappa shape index (κ3) is 3.38. The fourth-order valence-corrected chi connectivity index (χ4v) is 1.54. The molecular weight excluding hydrogens is 245 g/mol. The third-order valence-electron chi connectivity index (χ3n) is 2.52. The van der Waals surface area contributed by atoms with Crippen LogP contribution in [0.1, 0.15) is 19.4 Å². The maximum Gasteiger partial charge on any atom is 0.418 e. The summed E-state index contributed by atoms with van der Waals surface area (Å²) in [4.78, 5) is 13.1. The fraction of sp³-hybridized carbons (Fsp3) is 0.417. The normalized spacial score (nSPS) is 11.2. The van der Waals surface area contributed by atoms with Gasteiger partial charge in [0.05, 0.1) is 11.3 Å². The van der Waals surface area contributed by atoms with Crippen molar-refractivity contribution >= 4 is 11.7 Å². The van der Waals surface area contributed by atoms with Gasteiger partial charge in [-0.3, -0.25) is 0 Å². The van der Waals surface area contributed by atoms with Gasteiger partial charge in [-0.05, 0) is 26.0 Å². The van der Waals surface area contributed by atoms with Crippen molar-refractivity contribution in [3.8, 4) is 0 Å². The van der Waals surface area contributed by atoms with Gasteiger partial charge in [-0.1, -0.05) is 12.1 Å². The Morgan fingerprint density at radius 3 is 2.28 bits per heavy atom. The highest BCUT2D eigenvalue weighted by Crippen LogP contribution is 2.34. The van der Waals surface area contributed by atoms with Gasteiger partial charge in [-0.2, -0.15) is 13.2 Å². The van der Waals surface area contributed by atoms with Crippen LogP contribution in [0.25, 0.3) is 0 Å². The van der Waals surface area contributed by atoms with E-state index in [1.807, 2.05) is 0 Å². The summed E-state index contributed by atoms with van der Waals surface area (Å²) < 4.78 is 38.1. The summed E-state index contributed by atoms with van der Waals surface area (Å²) in [5.41, 5.74) is -1.06. The Kier molecular flexibility index (Phi) is 4.58. The lowest BCUT2D eigenvalue weighted by molar-refractivity contribution is -0.136. The van der Waals surface area contributed by atoms with Crippen LogP contribution in [0.4, 0.5) is 23.7 Å². The number of rotatable bonds is 3. The van der Waals surface area contributed by atoms with E-state index in [0.29, 0.717) is 13.1 Å². The molecule has 1 rings (SSSR count). The first kappa shape index (κ1) is 14.3. The molecule has 0 radical (unpaired) electrons. The first-order chi connectivity index (χ1) is 8.40. The molecule has 1 N–H and O–H groups in total. The SMILES string of the molecule is CCN(CC)C(=O)Nc1ccccc1C(F)(F)F. The smallest absolute Gasteiger partial charge is 0.325 e. The molecule has 0 aliphatic heterocycles. The molecule has 18 heavy (non-hydrogen) atoms. The minimum atomic E-state index is -4.48. The molecule has 0 spiro atoms. The molecule has 6 heteroatoms. The van der Waals surface area contributed by atoms with E-state index in [2.05, 4.69) is 5.32 Å². The quantitative estimate of drug-likeness (QED) is 0.885. The molecule has 1 aromatic rings. The number of nitrogens with one attached hydrogen (secondary N) is 1. The third-order valence-corrected chi connectivity index (χ3v) is 2.52. The van der Waals surface area contributed by atoms with E-state index in [1.54, 1.807) is 13.8 Å². The zero-order valence-corrected chi connectivity index (χ0v) is 10.2. The summed E-state index contributed by atoms with van der Waals surface area (Å²) in [6, 6.07) is 4.39. The molecule has 0 fully saturated rings. The summed E-state index contributed by atoms with van der Waals surface area (Å²) >= 11 is 0. The maximum atomic E-state index is 12.7. The van der Waals surface area contributed by atoms with Crippen LogP contribution in [0.15, 0.2) is 24.3 Å². The number of para-hydroxylation sites is 1.